The average Bonchev–Trinajstić information content (AvgIpc) is 2.97. The van der Waals surface area contributed by atoms with Crippen LogP contribution in [-0.4, -0.2) is 76.9 Å². The van der Waals surface area contributed by atoms with E-state index in [1.165, 1.54) is 11.9 Å². The first kappa shape index (κ1) is 16.1. The maximum atomic E-state index is 12.6. The molecular formula is C16H20N5O3+. The van der Waals surface area contributed by atoms with Crippen molar-refractivity contribution in [2.45, 2.75) is 12.1 Å². The number of carbonyl (C=O) groups excluding carboxylic acids is 2. The van der Waals surface area contributed by atoms with Crippen LogP contribution < -0.4 is 5.32 Å². The lowest BCUT2D eigenvalue weighted by atomic mass is 10.1. The number of nitrogens with zero attached hydrogens (tertiary/aromatic N) is 4. The molecule has 2 unspecified atom stereocenters. The largest absolute Gasteiger partial charge is 0.389 e. The van der Waals surface area contributed by atoms with E-state index in [9.17, 15) is 14.7 Å². The highest BCUT2D eigenvalue weighted by atomic mass is 16.3. The van der Waals surface area contributed by atoms with Gasteiger partial charge in [-0.1, -0.05) is 35.3 Å². The van der Waals surface area contributed by atoms with E-state index >= 15 is 0 Å². The molecule has 1 fully saturated rings. The molecule has 2 N–H and O–H groups in total. The van der Waals surface area contributed by atoms with Gasteiger partial charge in [-0.3, -0.25) is 19.9 Å². The Labute approximate surface area is 139 Å². The van der Waals surface area contributed by atoms with Gasteiger partial charge in [0.1, 0.15) is 6.10 Å². The van der Waals surface area contributed by atoms with Crippen LogP contribution in [-0.2, 0) is 4.79 Å². The number of urea groups is 1. The average molecular weight is 330 g/mol. The van der Waals surface area contributed by atoms with Crippen LogP contribution in [0.4, 0.5) is 4.79 Å². The number of benzene rings is 1. The zero-order valence-corrected chi connectivity index (χ0v) is 13.8. The highest BCUT2D eigenvalue weighted by Crippen LogP contribution is 2.21. The van der Waals surface area contributed by atoms with E-state index in [0.717, 1.165) is 10.5 Å². The molecule has 0 aromatic heterocycles. The molecule has 3 amide bonds. The lowest BCUT2D eigenvalue weighted by molar-refractivity contribution is -0.546. The van der Waals surface area contributed by atoms with Crippen molar-refractivity contribution in [1.82, 2.24) is 15.1 Å². The Morgan fingerprint density at radius 1 is 1.25 bits per heavy atom. The second-order valence-corrected chi connectivity index (χ2v) is 5.76. The number of aliphatic hydroxyl groups is 1. The van der Waals surface area contributed by atoms with Crippen molar-refractivity contribution in [3.63, 3.8) is 0 Å². The van der Waals surface area contributed by atoms with Crippen molar-refractivity contribution < 1.29 is 19.3 Å². The molecule has 126 valence electrons. The molecule has 0 radical (unpaired) electrons. The van der Waals surface area contributed by atoms with Crippen LogP contribution in [0.5, 0.6) is 0 Å². The van der Waals surface area contributed by atoms with E-state index in [4.69, 9.17) is 0 Å². The lowest BCUT2D eigenvalue weighted by Crippen LogP contribution is -2.61. The van der Waals surface area contributed by atoms with Crippen LogP contribution in [0.25, 0.3) is 0 Å². The first-order valence-corrected chi connectivity index (χ1v) is 7.64. The third kappa shape index (κ3) is 2.44. The number of amidine groups is 1. The Kier molecular flexibility index (Phi) is 4.06. The van der Waals surface area contributed by atoms with Crippen LogP contribution in [0.15, 0.2) is 35.3 Å². The number of hydrogen-bond acceptors (Lipinski definition) is 5. The smallest absolute Gasteiger partial charge is 0.385 e. The van der Waals surface area contributed by atoms with Gasteiger partial charge in [0.2, 0.25) is 11.9 Å². The number of β-amino-alcohol motifs (C(OH)–C–C–N with tert-alkyl or cyclic N) is 1. The summed E-state index contributed by atoms with van der Waals surface area (Å²) in [5.41, 5.74) is 0.752. The fourth-order valence-electron chi connectivity index (χ4n) is 2.96. The quantitative estimate of drug-likeness (QED) is 0.739. The second kappa shape index (κ2) is 6.04. The molecule has 2 heterocycles. The number of guanidine groups is 1. The van der Waals surface area contributed by atoms with E-state index in [2.05, 4.69) is 10.3 Å². The molecule has 1 aromatic carbocycles. The molecule has 1 aromatic rings. The summed E-state index contributed by atoms with van der Waals surface area (Å²) < 4.78 is 1.69. The first-order chi connectivity index (χ1) is 11.5. The number of hydrogen-bond donors (Lipinski definition) is 2. The number of amides is 3. The molecule has 8 heteroatoms. The van der Waals surface area contributed by atoms with E-state index in [1.807, 2.05) is 30.3 Å². The number of fused-ring (bicyclic) bond motifs is 1. The molecule has 0 bridgehead atoms. The molecule has 0 aliphatic carbocycles. The lowest BCUT2D eigenvalue weighted by Gasteiger charge is -2.32. The third-order valence-electron chi connectivity index (χ3n) is 4.31. The molecule has 1 saturated heterocycles. The van der Waals surface area contributed by atoms with Crippen LogP contribution in [0.1, 0.15) is 11.7 Å². The molecule has 2 atom stereocenters. The van der Waals surface area contributed by atoms with E-state index in [1.54, 1.807) is 18.7 Å². The SMILES string of the molecule is CNC1=[N+](CC(O)c2ccccc2)C2C(=O)N(C)C(=O)N(C)C2=N1. The molecule has 0 spiro atoms. The van der Waals surface area contributed by atoms with Crippen LogP contribution in [0.3, 0.4) is 0 Å². The van der Waals surface area contributed by atoms with Gasteiger partial charge < -0.3 is 5.11 Å². The molecule has 2 aliphatic heterocycles. The number of likely N-dealkylation sites (N-methyl/N-ethyl adjacent to an activating group) is 2. The molecular weight excluding hydrogens is 310 g/mol. The Balaban J connectivity index is 1.93. The second-order valence-electron chi connectivity index (χ2n) is 5.76. The topological polar surface area (TPSA) is 88.2 Å². The number of aliphatic imine (C=N–C) groups is 1. The predicted molar refractivity (Wildman–Crippen MR) is 87.7 cm³/mol. The van der Waals surface area contributed by atoms with Gasteiger partial charge in [0.15, 0.2) is 0 Å². The minimum absolute atomic E-state index is 0.180. The van der Waals surface area contributed by atoms with Crippen molar-refractivity contribution >= 4 is 23.7 Å². The fourth-order valence-corrected chi connectivity index (χ4v) is 2.96. The minimum Gasteiger partial charge on any atom is -0.385 e. The van der Waals surface area contributed by atoms with E-state index in [-0.39, 0.29) is 12.5 Å². The van der Waals surface area contributed by atoms with Crippen molar-refractivity contribution in [1.29, 1.82) is 0 Å². The van der Waals surface area contributed by atoms with Gasteiger partial charge >= 0.3 is 12.0 Å². The van der Waals surface area contributed by atoms with Gasteiger partial charge in [0.05, 0.1) is 13.6 Å². The monoisotopic (exact) mass is 330 g/mol. The highest BCUT2D eigenvalue weighted by molar-refractivity contribution is 6.22. The predicted octanol–water partition coefficient (Wildman–Crippen LogP) is -0.388. The van der Waals surface area contributed by atoms with Crippen molar-refractivity contribution in [3.05, 3.63) is 35.9 Å². The molecule has 0 saturated carbocycles. The van der Waals surface area contributed by atoms with E-state index < -0.39 is 18.2 Å². The number of imide groups is 1. The highest BCUT2D eigenvalue weighted by Gasteiger charge is 2.51. The van der Waals surface area contributed by atoms with Gasteiger partial charge in [-0.25, -0.2) is 9.37 Å². The van der Waals surface area contributed by atoms with E-state index in [0.29, 0.717) is 11.8 Å². The van der Waals surface area contributed by atoms with Gasteiger partial charge in [0.25, 0.3) is 5.91 Å². The first-order valence-electron chi connectivity index (χ1n) is 7.64. The number of nitrogens with one attached hydrogen (secondary N) is 1. The Hall–Kier alpha value is -2.74. The van der Waals surface area contributed by atoms with Crippen molar-refractivity contribution in [3.8, 4) is 0 Å². The Morgan fingerprint density at radius 2 is 1.92 bits per heavy atom. The number of carbonyl (C=O) groups is 2. The summed E-state index contributed by atoms with van der Waals surface area (Å²) >= 11 is 0. The number of aliphatic hydroxyl groups excluding tert-OH is 1. The zero-order chi connectivity index (χ0) is 17.4. The van der Waals surface area contributed by atoms with Crippen LogP contribution in [0, 0.1) is 0 Å². The molecule has 2 aliphatic rings. The standard InChI is InChI=1S/C16H19N5O3/c1-17-15-18-13-12(14(23)20(3)16(24)19(13)2)21(15)9-11(22)10-7-5-4-6-8-10/h4-8,11-12,22H,9H2,1-3H3/p+1. The van der Waals surface area contributed by atoms with Crippen molar-refractivity contribution in [2.75, 3.05) is 27.7 Å². The Bertz CT molecular complexity index is 743. The molecule has 24 heavy (non-hydrogen) atoms. The van der Waals surface area contributed by atoms with Crippen LogP contribution >= 0.6 is 0 Å². The fraction of sp³-hybridized carbons (Fsp3) is 0.375. The summed E-state index contributed by atoms with van der Waals surface area (Å²) in [5.74, 6) is 0.461. The van der Waals surface area contributed by atoms with Gasteiger partial charge in [-0.05, 0) is 5.56 Å². The van der Waals surface area contributed by atoms with Crippen molar-refractivity contribution in [2.24, 2.45) is 4.99 Å². The zero-order valence-electron chi connectivity index (χ0n) is 13.8. The van der Waals surface area contributed by atoms with Gasteiger partial charge in [-0.15, -0.1) is 0 Å². The Morgan fingerprint density at radius 3 is 2.54 bits per heavy atom. The maximum absolute atomic E-state index is 12.6. The summed E-state index contributed by atoms with van der Waals surface area (Å²) in [6, 6.07) is 8.07. The summed E-state index contributed by atoms with van der Waals surface area (Å²) in [4.78, 5) is 31.5. The summed E-state index contributed by atoms with van der Waals surface area (Å²) in [6.07, 6.45) is -0.787. The van der Waals surface area contributed by atoms with Gasteiger partial charge in [-0.2, -0.15) is 0 Å². The normalized spacial score (nSPS) is 21.8. The van der Waals surface area contributed by atoms with Gasteiger partial charge in [0, 0.05) is 14.1 Å². The summed E-state index contributed by atoms with van der Waals surface area (Å²) in [6.45, 7) is 0.180. The van der Waals surface area contributed by atoms with Crippen LogP contribution in [0.2, 0.25) is 0 Å². The molecule has 8 nitrogen and oxygen atoms in total. The molecule has 3 rings (SSSR count). The summed E-state index contributed by atoms with van der Waals surface area (Å²) in [7, 11) is 4.72. The number of rotatable bonds is 3. The summed E-state index contributed by atoms with van der Waals surface area (Å²) in [5, 5.41) is 13.4. The maximum Gasteiger partial charge on any atom is 0.389 e. The third-order valence-corrected chi connectivity index (χ3v) is 4.31. The minimum atomic E-state index is -0.787.